The molecule has 1 aliphatic heterocycles. The van der Waals surface area contributed by atoms with Crippen molar-refractivity contribution in [2.24, 2.45) is 0 Å². The molecule has 148 valence electrons. The third-order valence-electron chi connectivity index (χ3n) is 5.24. The third-order valence-corrected chi connectivity index (χ3v) is 5.24. The number of nitrogens with one attached hydrogen (secondary N) is 2. The lowest BCUT2D eigenvalue weighted by Gasteiger charge is -2.38. The Kier molecular flexibility index (Phi) is 6.66. The second kappa shape index (κ2) is 9.37. The van der Waals surface area contributed by atoms with E-state index in [4.69, 9.17) is 9.47 Å². The highest BCUT2D eigenvalue weighted by Gasteiger charge is 2.35. The molecule has 3 rings (SSSR count). The maximum Gasteiger partial charge on any atom is 0.309 e. The van der Waals surface area contributed by atoms with Gasteiger partial charge in [-0.25, -0.2) is 0 Å². The van der Waals surface area contributed by atoms with Gasteiger partial charge in [-0.15, -0.1) is 0 Å². The van der Waals surface area contributed by atoms with Crippen LogP contribution in [0.25, 0.3) is 0 Å². The zero-order valence-corrected chi connectivity index (χ0v) is 16.1. The van der Waals surface area contributed by atoms with E-state index in [1.54, 1.807) is 7.11 Å². The Morgan fingerprint density at radius 3 is 2.25 bits per heavy atom. The normalized spacial score (nSPS) is 15.5. The lowest BCUT2D eigenvalue weighted by molar-refractivity contribution is -0.139. The maximum atomic E-state index is 12.3. The topological polar surface area (TPSA) is 76.7 Å². The van der Waals surface area contributed by atoms with Gasteiger partial charge in [0.25, 0.3) is 0 Å². The number of benzene rings is 2. The molecule has 1 fully saturated rings. The van der Waals surface area contributed by atoms with Gasteiger partial charge in [-0.3, -0.25) is 9.59 Å². The first-order valence-corrected chi connectivity index (χ1v) is 9.45. The number of carbonyl (C=O) groups excluding carboxylic acids is 2. The molecule has 2 aromatic carbocycles. The zero-order valence-electron chi connectivity index (χ0n) is 16.1. The molecule has 0 saturated carbocycles. The summed E-state index contributed by atoms with van der Waals surface area (Å²) < 4.78 is 10.8. The average molecular weight is 382 g/mol. The minimum absolute atomic E-state index is 0.250. The zero-order chi connectivity index (χ0) is 19.8. The van der Waals surface area contributed by atoms with E-state index in [0.29, 0.717) is 26.3 Å². The van der Waals surface area contributed by atoms with Crippen molar-refractivity contribution < 1.29 is 19.1 Å². The predicted molar refractivity (Wildman–Crippen MR) is 106 cm³/mol. The molecule has 1 heterocycles. The van der Waals surface area contributed by atoms with Crippen LogP contribution < -0.4 is 15.4 Å². The van der Waals surface area contributed by atoms with Gasteiger partial charge in [0.05, 0.1) is 7.11 Å². The molecule has 1 aliphatic rings. The van der Waals surface area contributed by atoms with Gasteiger partial charge < -0.3 is 20.1 Å². The van der Waals surface area contributed by atoms with Gasteiger partial charge in [0.1, 0.15) is 5.75 Å². The molecular formula is C22H26N2O4. The van der Waals surface area contributed by atoms with Crippen LogP contribution >= 0.6 is 0 Å². The Bertz CT molecular complexity index is 784. The molecule has 0 aliphatic carbocycles. The summed E-state index contributed by atoms with van der Waals surface area (Å²) in [5.74, 6) is -0.452. The van der Waals surface area contributed by atoms with E-state index in [-0.39, 0.29) is 5.41 Å². The van der Waals surface area contributed by atoms with E-state index in [1.165, 1.54) is 0 Å². The van der Waals surface area contributed by atoms with Gasteiger partial charge >= 0.3 is 11.8 Å². The van der Waals surface area contributed by atoms with E-state index in [1.807, 2.05) is 54.6 Å². The summed E-state index contributed by atoms with van der Waals surface area (Å²) in [6, 6.07) is 17.4. The molecule has 0 spiro atoms. The van der Waals surface area contributed by atoms with Crippen molar-refractivity contribution in [3.8, 4) is 5.75 Å². The molecule has 1 saturated heterocycles. The minimum Gasteiger partial charge on any atom is -0.497 e. The van der Waals surface area contributed by atoms with Gasteiger partial charge in [0.2, 0.25) is 0 Å². The third kappa shape index (κ3) is 4.89. The summed E-state index contributed by atoms with van der Waals surface area (Å²) in [6.45, 7) is 1.97. The first-order chi connectivity index (χ1) is 13.6. The lowest BCUT2D eigenvalue weighted by atomic mass is 9.74. The molecule has 2 N–H and O–H groups in total. The Hall–Kier alpha value is -2.86. The Balaban J connectivity index is 1.61. The smallest absolute Gasteiger partial charge is 0.309 e. The molecule has 0 atom stereocenters. The summed E-state index contributed by atoms with van der Waals surface area (Å²) in [5.41, 5.74) is 1.81. The Morgan fingerprint density at radius 2 is 1.61 bits per heavy atom. The summed E-state index contributed by atoms with van der Waals surface area (Å²) >= 11 is 0. The lowest BCUT2D eigenvalue weighted by Crippen LogP contribution is -2.48. The summed E-state index contributed by atoms with van der Waals surface area (Å²) in [4.78, 5) is 24.5. The van der Waals surface area contributed by atoms with Gasteiger partial charge in [0, 0.05) is 31.7 Å². The van der Waals surface area contributed by atoms with Crippen molar-refractivity contribution in [3.05, 3.63) is 65.7 Å². The molecule has 0 radical (unpaired) electrons. The van der Waals surface area contributed by atoms with Gasteiger partial charge in [-0.1, -0.05) is 42.5 Å². The van der Waals surface area contributed by atoms with Gasteiger partial charge in [0.15, 0.2) is 0 Å². The first kappa shape index (κ1) is 19.9. The molecule has 0 bridgehead atoms. The predicted octanol–water partition coefficient (Wildman–Crippen LogP) is 2.18. The van der Waals surface area contributed by atoms with Crippen molar-refractivity contribution in [3.63, 3.8) is 0 Å². The Labute approximate surface area is 165 Å². The van der Waals surface area contributed by atoms with Crippen LogP contribution in [0.5, 0.6) is 5.75 Å². The number of hydrogen-bond acceptors (Lipinski definition) is 4. The molecule has 0 aromatic heterocycles. The van der Waals surface area contributed by atoms with E-state index < -0.39 is 11.8 Å². The van der Waals surface area contributed by atoms with Crippen molar-refractivity contribution >= 4 is 11.8 Å². The Morgan fingerprint density at radius 1 is 0.964 bits per heavy atom. The molecule has 6 nitrogen and oxygen atoms in total. The second-order valence-corrected chi connectivity index (χ2v) is 6.97. The number of hydrogen-bond donors (Lipinski definition) is 2. The highest BCUT2D eigenvalue weighted by Crippen LogP contribution is 2.35. The molecule has 28 heavy (non-hydrogen) atoms. The maximum absolute atomic E-state index is 12.3. The van der Waals surface area contributed by atoms with Crippen LogP contribution in [0.2, 0.25) is 0 Å². The molecule has 6 heteroatoms. The van der Waals surface area contributed by atoms with Crippen LogP contribution in [0.1, 0.15) is 24.0 Å². The number of rotatable bonds is 6. The summed E-state index contributed by atoms with van der Waals surface area (Å²) in [5, 5.41) is 5.48. The van der Waals surface area contributed by atoms with Crippen molar-refractivity contribution in [2.45, 2.75) is 24.8 Å². The van der Waals surface area contributed by atoms with Crippen LogP contribution in [0.3, 0.4) is 0 Å². The molecule has 0 unspecified atom stereocenters. The number of carbonyl (C=O) groups is 2. The van der Waals surface area contributed by atoms with Crippen LogP contribution in [0.4, 0.5) is 0 Å². The highest BCUT2D eigenvalue weighted by molar-refractivity contribution is 6.35. The van der Waals surface area contributed by atoms with Crippen molar-refractivity contribution in [2.75, 3.05) is 26.9 Å². The fourth-order valence-electron chi connectivity index (χ4n) is 3.46. The number of amides is 2. The van der Waals surface area contributed by atoms with Gasteiger partial charge in [-0.05, 0) is 36.1 Å². The highest BCUT2D eigenvalue weighted by atomic mass is 16.5. The number of methoxy groups -OCH3 is 1. The molecule has 2 aromatic rings. The largest absolute Gasteiger partial charge is 0.497 e. The number of ether oxygens (including phenoxy) is 2. The van der Waals surface area contributed by atoms with E-state index in [0.717, 1.165) is 29.7 Å². The van der Waals surface area contributed by atoms with E-state index >= 15 is 0 Å². The van der Waals surface area contributed by atoms with Crippen LogP contribution in [0.15, 0.2) is 54.6 Å². The molecular weight excluding hydrogens is 356 g/mol. The fourth-order valence-corrected chi connectivity index (χ4v) is 3.46. The standard InChI is InChI=1S/C22H26N2O4/c1-27-19-9-7-18(8-10-19)22(11-13-28-14-12-22)16-24-21(26)20(25)23-15-17-5-3-2-4-6-17/h2-10H,11-16H2,1H3,(H,23,25)(H,24,26). The average Bonchev–Trinajstić information content (AvgIpc) is 2.77. The van der Waals surface area contributed by atoms with Gasteiger partial charge in [-0.2, -0.15) is 0 Å². The first-order valence-electron chi connectivity index (χ1n) is 9.45. The molecule has 2 amide bonds. The van der Waals surface area contributed by atoms with E-state index in [2.05, 4.69) is 10.6 Å². The monoisotopic (exact) mass is 382 g/mol. The second-order valence-electron chi connectivity index (χ2n) is 6.97. The quantitative estimate of drug-likeness (QED) is 0.751. The van der Waals surface area contributed by atoms with Crippen LogP contribution in [-0.4, -0.2) is 38.7 Å². The van der Waals surface area contributed by atoms with Crippen LogP contribution in [-0.2, 0) is 26.3 Å². The van der Waals surface area contributed by atoms with E-state index in [9.17, 15) is 9.59 Å². The SMILES string of the molecule is COc1ccc(C2(CNC(=O)C(=O)NCc3ccccc3)CCOCC2)cc1. The van der Waals surface area contributed by atoms with Crippen molar-refractivity contribution in [1.82, 2.24) is 10.6 Å². The van der Waals surface area contributed by atoms with Crippen LogP contribution in [0, 0.1) is 0 Å². The summed E-state index contributed by atoms with van der Waals surface area (Å²) in [6.07, 6.45) is 1.57. The fraction of sp³-hybridized carbons (Fsp3) is 0.364. The summed E-state index contributed by atoms with van der Waals surface area (Å²) in [7, 11) is 1.63. The van der Waals surface area contributed by atoms with Crippen molar-refractivity contribution in [1.29, 1.82) is 0 Å². The minimum atomic E-state index is -0.624.